The average Bonchev–Trinajstić information content (AvgIpc) is 3.30. The van der Waals surface area contributed by atoms with E-state index in [1.807, 2.05) is 29.7 Å². The summed E-state index contributed by atoms with van der Waals surface area (Å²) in [7, 11) is 2.19. The van der Waals surface area contributed by atoms with Crippen LogP contribution in [0.2, 0.25) is 0 Å². The first-order valence-electron chi connectivity index (χ1n) is 11.8. The van der Waals surface area contributed by atoms with Gasteiger partial charge in [-0.15, -0.1) is 0 Å². The molecule has 0 radical (unpaired) electrons. The Morgan fingerprint density at radius 3 is 2.74 bits per heavy atom. The van der Waals surface area contributed by atoms with Crippen molar-refractivity contribution in [3.63, 3.8) is 0 Å². The predicted molar refractivity (Wildman–Crippen MR) is 134 cm³/mol. The van der Waals surface area contributed by atoms with Crippen molar-refractivity contribution in [1.82, 2.24) is 24.3 Å². The summed E-state index contributed by atoms with van der Waals surface area (Å²) in [6.45, 7) is 6.43. The molecule has 3 aromatic heterocycles. The smallest absolute Gasteiger partial charge is 0.223 e. The molecule has 0 aliphatic carbocycles. The number of rotatable bonds is 5. The van der Waals surface area contributed by atoms with Gasteiger partial charge in [0.25, 0.3) is 0 Å². The van der Waals surface area contributed by atoms with Gasteiger partial charge in [0.1, 0.15) is 17.4 Å². The molecule has 4 aromatic rings. The summed E-state index contributed by atoms with van der Waals surface area (Å²) >= 11 is 0. The lowest BCUT2D eigenvalue weighted by molar-refractivity contribution is 0.255. The van der Waals surface area contributed by atoms with Gasteiger partial charge in [-0.1, -0.05) is 30.3 Å². The number of piperidine rings is 1. The minimum atomic E-state index is 0.0245. The van der Waals surface area contributed by atoms with E-state index in [1.165, 1.54) is 24.0 Å². The summed E-state index contributed by atoms with van der Waals surface area (Å²) in [6, 6.07) is 15.1. The number of nitrogens with zero attached hydrogens (tertiary/aromatic N) is 6. The number of nitriles is 1. The Bertz CT molecular complexity index is 1360. The molecule has 4 heterocycles. The number of aryl methyl sites for hydroxylation is 1. The molecular weight excluding hydrogens is 422 g/mol. The number of hydrogen-bond acceptors (Lipinski definition) is 6. The molecule has 0 saturated carbocycles. The van der Waals surface area contributed by atoms with Crippen LogP contribution >= 0.6 is 0 Å². The van der Waals surface area contributed by atoms with Crippen molar-refractivity contribution in [3.05, 3.63) is 77.2 Å². The number of imidazole rings is 1. The molecule has 7 heteroatoms. The summed E-state index contributed by atoms with van der Waals surface area (Å²) in [5, 5.41) is 13.1. The van der Waals surface area contributed by atoms with Crippen LogP contribution in [0.1, 0.15) is 54.0 Å². The van der Waals surface area contributed by atoms with Crippen molar-refractivity contribution in [3.8, 4) is 17.5 Å². The molecule has 0 bridgehead atoms. The number of fused-ring (bicyclic) bond motifs is 1. The van der Waals surface area contributed by atoms with E-state index in [2.05, 4.69) is 64.5 Å². The summed E-state index contributed by atoms with van der Waals surface area (Å²) in [4.78, 5) is 16.1. The second kappa shape index (κ2) is 9.24. The maximum atomic E-state index is 9.68. The van der Waals surface area contributed by atoms with Crippen LogP contribution in [0, 0.1) is 18.3 Å². The van der Waals surface area contributed by atoms with Crippen LogP contribution in [0.5, 0.6) is 0 Å². The Kier molecular flexibility index (Phi) is 5.99. The molecule has 1 atom stereocenters. The second-order valence-corrected chi connectivity index (χ2v) is 9.21. The minimum Gasteiger partial charge on any atom is -0.348 e. The van der Waals surface area contributed by atoms with Gasteiger partial charge in [0, 0.05) is 6.20 Å². The molecule has 1 aromatic carbocycles. The van der Waals surface area contributed by atoms with Crippen molar-refractivity contribution >= 4 is 11.6 Å². The molecule has 1 N–H and O–H groups in total. The zero-order valence-corrected chi connectivity index (χ0v) is 19.9. The van der Waals surface area contributed by atoms with E-state index < -0.39 is 0 Å². The van der Waals surface area contributed by atoms with E-state index in [1.54, 1.807) is 12.4 Å². The highest BCUT2D eigenvalue weighted by Crippen LogP contribution is 2.30. The molecule has 0 spiro atoms. The molecule has 0 amide bonds. The second-order valence-electron chi connectivity index (χ2n) is 9.21. The fourth-order valence-electron chi connectivity index (χ4n) is 4.76. The summed E-state index contributed by atoms with van der Waals surface area (Å²) in [5.41, 5.74) is 6.30. The van der Waals surface area contributed by atoms with E-state index in [4.69, 9.17) is 4.98 Å². The third-order valence-electron chi connectivity index (χ3n) is 6.83. The van der Waals surface area contributed by atoms with E-state index in [0.29, 0.717) is 23.1 Å². The van der Waals surface area contributed by atoms with Crippen LogP contribution in [0.3, 0.4) is 0 Å². The summed E-state index contributed by atoms with van der Waals surface area (Å²) in [5.74, 6) is 1.11. The molecule has 7 nitrogen and oxygen atoms in total. The predicted octanol–water partition coefficient (Wildman–Crippen LogP) is 4.95. The molecule has 1 aliphatic rings. The van der Waals surface area contributed by atoms with Crippen molar-refractivity contribution < 1.29 is 0 Å². The highest BCUT2D eigenvalue weighted by Gasteiger charge is 2.20. The van der Waals surface area contributed by atoms with Gasteiger partial charge in [-0.3, -0.25) is 4.40 Å². The number of aromatic nitrogens is 4. The molecule has 0 unspecified atom stereocenters. The van der Waals surface area contributed by atoms with Gasteiger partial charge in [-0.2, -0.15) is 5.26 Å². The van der Waals surface area contributed by atoms with E-state index in [9.17, 15) is 5.26 Å². The number of benzene rings is 1. The molecule has 5 rings (SSSR count). The van der Waals surface area contributed by atoms with Gasteiger partial charge in [0.05, 0.1) is 29.7 Å². The molecule has 1 saturated heterocycles. The lowest BCUT2D eigenvalue weighted by Crippen LogP contribution is -2.29. The number of hydrogen-bond donors (Lipinski definition) is 1. The number of pyridine rings is 1. The van der Waals surface area contributed by atoms with Crippen LogP contribution in [-0.4, -0.2) is 44.4 Å². The maximum Gasteiger partial charge on any atom is 0.223 e. The highest BCUT2D eigenvalue weighted by molar-refractivity contribution is 5.68. The highest BCUT2D eigenvalue weighted by atomic mass is 15.1. The van der Waals surface area contributed by atoms with Crippen LogP contribution in [0.15, 0.2) is 55.0 Å². The van der Waals surface area contributed by atoms with Crippen LogP contribution < -0.4 is 5.32 Å². The molecule has 34 heavy (non-hydrogen) atoms. The van der Waals surface area contributed by atoms with Crippen molar-refractivity contribution in [1.29, 1.82) is 5.26 Å². The Morgan fingerprint density at radius 1 is 1.12 bits per heavy atom. The quantitative estimate of drug-likeness (QED) is 0.462. The van der Waals surface area contributed by atoms with Crippen LogP contribution in [0.4, 0.5) is 5.95 Å². The first-order valence-corrected chi connectivity index (χ1v) is 11.8. The van der Waals surface area contributed by atoms with Gasteiger partial charge in [-0.25, -0.2) is 15.0 Å². The first kappa shape index (κ1) is 22.1. The number of likely N-dealkylation sites (tertiary alicyclic amines) is 1. The molecule has 172 valence electrons. The topological polar surface area (TPSA) is 82.1 Å². The lowest BCUT2D eigenvalue weighted by atomic mass is 9.88. The van der Waals surface area contributed by atoms with Crippen LogP contribution in [0.25, 0.3) is 17.0 Å². The van der Waals surface area contributed by atoms with Gasteiger partial charge in [-0.05, 0) is 75.5 Å². The SMILES string of the molecule is Cc1cccn2c(-c3nc(N[C@@H](C)c4cccc(C5CCN(C)CC5)c4)ncc3C#N)cnc12. The maximum absolute atomic E-state index is 9.68. The third kappa shape index (κ3) is 4.25. The summed E-state index contributed by atoms with van der Waals surface area (Å²) < 4.78 is 1.97. The number of nitrogens with one attached hydrogen (secondary N) is 1. The van der Waals surface area contributed by atoms with Gasteiger partial charge in [0.2, 0.25) is 5.95 Å². The van der Waals surface area contributed by atoms with E-state index in [0.717, 1.165) is 30.0 Å². The Labute approximate surface area is 200 Å². The normalized spacial score (nSPS) is 15.8. The Morgan fingerprint density at radius 2 is 1.94 bits per heavy atom. The Balaban J connectivity index is 1.42. The van der Waals surface area contributed by atoms with Gasteiger partial charge in [0.15, 0.2) is 0 Å². The average molecular weight is 452 g/mol. The minimum absolute atomic E-state index is 0.0245. The molecular formula is C27H29N7. The Hall–Kier alpha value is -3.76. The van der Waals surface area contributed by atoms with E-state index in [-0.39, 0.29) is 6.04 Å². The fraction of sp³-hybridized carbons (Fsp3) is 0.333. The zero-order valence-electron chi connectivity index (χ0n) is 19.9. The van der Waals surface area contributed by atoms with Crippen molar-refractivity contribution in [2.75, 3.05) is 25.5 Å². The van der Waals surface area contributed by atoms with Crippen molar-refractivity contribution in [2.24, 2.45) is 0 Å². The fourth-order valence-corrected chi connectivity index (χ4v) is 4.76. The third-order valence-corrected chi connectivity index (χ3v) is 6.83. The molecule has 1 fully saturated rings. The van der Waals surface area contributed by atoms with Crippen LogP contribution in [-0.2, 0) is 0 Å². The lowest BCUT2D eigenvalue weighted by Gasteiger charge is -2.29. The first-order chi connectivity index (χ1) is 16.5. The zero-order chi connectivity index (χ0) is 23.7. The standard InChI is InChI=1S/C27H29N7/c1-18-6-5-11-34-24(17-29-26(18)34)25-23(15-28)16-30-27(32-25)31-19(2)21-7-4-8-22(14-21)20-9-12-33(3)13-10-20/h4-8,11,14,16-17,19-20H,9-10,12-13H2,1-3H3,(H,30,31,32)/t19-/m0/s1. The van der Waals surface area contributed by atoms with Gasteiger partial charge < -0.3 is 10.2 Å². The summed E-state index contributed by atoms with van der Waals surface area (Å²) in [6.07, 6.45) is 7.69. The van der Waals surface area contributed by atoms with E-state index >= 15 is 0 Å². The van der Waals surface area contributed by atoms with Crippen molar-refractivity contribution in [2.45, 2.75) is 38.6 Å². The largest absolute Gasteiger partial charge is 0.348 e. The molecule has 1 aliphatic heterocycles. The van der Waals surface area contributed by atoms with Gasteiger partial charge >= 0.3 is 0 Å². The number of anilines is 1. The monoisotopic (exact) mass is 451 g/mol.